The van der Waals surface area contributed by atoms with Gasteiger partial charge in [0.05, 0.1) is 0 Å². The molecule has 2 unspecified atom stereocenters. The van der Waals surface area contributed by atoms with E-state index in [0.717, 1.165) is 24.0 Å². The van der Waals surface area contributed by atoms with Crippen molar-refractivity contribution < 1.29 is 10.2 Å². The van der Waals surface area contributed by atoms with Crippen LogP contribution in [-0.2, 0) is 0 Å². The molecule has 0 amide bonds. The maximum absolute atomic E-state index is 10.1. The van der Waals surface area contributed by atoms with E-state index in [-0.39, 0.29) is 0 Å². The van der Waals surface area contributed by atoms with Gasteiger partial charge in [-0.2, -0.15) is 0 Å². The van der Waals surface area contributed by atoms with Crippen molar-refractivity contribution in [3.63, 3.8) is 0 Å². The van der Waals surface area contributed by atoms with E-state index in [1.54, 1.807) is 0 Å². The fraction of sp³-hybridized carbons (Fsp3) is 0.333. The summed E-state index contributed by atoms with van der Waals surface area (Å²) in [6.45, 7) is 4.02. The van der Waals surface area contributed by atoms with Gasteiger partial charge in [-0.05, 0) is 61.1 Å². The second-order valence-electron chi connectivity index (χ2n) is 6.15. The van der Waals surface area contributed by atoms with Gasteiger partial charge in [0.15, 0.2) is 0 Å². The fourth-order valence-electron chi connectivity index (χ4n) is 4.11. The lowest BCUT2D eigenvalue weighted by Gasteiger charge is -2.44. The highest BCUT2D eigenvalue weighted by Gasteiger charge is 2.42. The van der Waals surface area contributed by atoms with E-state index in [1.165, 1.54) is 22.3 Å². The molecule has 0 heterocycles. The molecule has 20 heavy (non-hydrogen) atoms. The molecule has 2 nitrogen and oxygen atoms in total. The van der Waals surface area contributed by atoms with Crippen LogP contribution in [0.25, 0.3) is 0 Å². The Bertz CT molecular complexity index is 708. The van der Waals surface area contributed by atoms with Gasteiger partial charge in [0.25, 0.3) is 0 Å². The Morgan fingerprint density at radius 1 is 0.950 bits per heavy atom. The van der Waals surface area contributed by atoms with Crippen LogP contribution >= 0.6 is 0 Å². The first kappa shape index (κ1) is 11.8. The lowest BCUT2D eigenvalue weighted by molar-refractivity contribution is 0.385. The van der Waals surface area contributed by atoms with Crippen LogP contribution in [0, 0.1) is 11.8 Å². The van der Waals surface area contributed by atoms with Crippen LogP contribution in [0.2, 0.25) is 0 Å². The minimum absolute atomic E-state index is 0.356. The predicted octanol–water partition coefficient (Wildman–Crippen LogP) is 4.42. The molecule has 2 atom stereocenters. The van der Waals surface area contributed by atoms with Crippen molar-refractivity contribution in [1.29, 1.82) is 0 Å². The smallest absolute Gasteiger partial charge is 0.118 e. The van der Waals surface area contributed by atoms with Crippen LogP contribution in [-0.4, -0.2) is 10.2 Å². The molecule has 0 saturated heterocycles. The molecule has 0 spiro atoms. The highest BCUT2D eigenvalue weighted by Crippen LogP contribution is 2.54. The first-order valence-electron chi connectivity index (χ1n) is 7.21. The summed E-state index contributed by atoms with van der Waals surface area (Å²) in [6.07, 6.45) is 10.0. The van der Waals surface area contributed by atoms with Gasteiger partial charge < -0.3 is 10.2 Å². The average molecular weight is 266 g/mol. The SMILES string of the molecule is CC1=C(O)C=C2CCC3=C(C)C(O)=CC4=CC=C1C2C43. The molecule has 0 aromatic heterocycles. The summed E-state index contributed by atoms with van der Waals surface area (Å²) >= 11 is 0. The molecule has 1 fully saturated rings. The first-order chi connectivity index (χ1) is 9.58. The fourth-order valence-corrected chi connectivity index (χ4v) is 4.11. The van der Waals surface area contributed by atoms with Crippen LogP contribution in [0.5, 0.6) is 0 Å². The molecule has 102 valence electrons. The summed E-state index contributed by atoms with van der Waals surface area (Å²) in [4.78, 5) is 0. The summed E-state index contributed by atoms with van der Waals surface area (Å²) in [6, 6.07) is 0. The van der Waals surface area contributed by atoms with Crippen LogP contribution in [0.3, 0.4) is 0 Å². The van der Waals surface area contributed by atoms with Gasteiger partial charge in [0.1, 0.15) is 11.5 Å². The van der Waals surface area contributed by atoms with E-state index >= 15 is 0 Å². The number of aliphatic hydroxyl groups is 2. The Morgan fingerprint density at radius 2 is 1.75 bits per heavy atom. The van der Waals surface area contributed by atoms with Gasteiger partial charge in [0.2, 0.25) is 0 Å². The third-order valence-electron chi connectivity index (χ3n) is 5.25. The second-order valence-corrected chi connectivity index (χ2v) is 6.15. The first-order valence-corrected chi connectivity index (χ1v) is 7.21. The van der Waals surface area contributed by atoms with Gasteiger partial charge >= 0.3 is 0 Å². The standard InChI is InChI=1S/C18H18O2/c1-9-13-5-3-12-8-16(20)10(2)14-6-4-11(7-15(9)19)17(13)18(12)14/h3,5,7-8,17-20H,4,6H2,1-2H3. The molecular formula is C18H18O2. The van der Waals surface area contributed by atoms with Crippen LogP contribution < -0.4 is 0 Å². The minimum atomic E-state index is 0.356. The maximum Gasteiger partial charge on any atom is 0.118 e. The zero-order chi connectivity index (χ0) is 14.0. The molecule has 0 bridgehead atoms. The van der Waals surface area contributed by atoms with Crippen LogP contribution in [0.15, 0.2) is 69.3 Å². The summed E-state index contributed by atoms with van der Waals surface area (Å²) in [7, 11) is 0. The lowest BCUT2D eigenvalue weighted by Crippen LogP contribution is -2.33. The third kappa shape index (κ3) is 1.34. The van der Waals surface area contributed by atoms with Gasteiger partial charge in [-0.3, -0.25) is 0 Å². The Balaban J connectivity index is 1.97. The van der Waals surface area contributed by atoms with Gasteiger partial charge in [0, 0.05) is 11.8 Å². The van der Waals surface area contributed by atoms with Gasteiger partial charge in [-0.15, -0.1) is 0 Å². The molecule has 4 aliphatic rings. The zero-order valence-electron chi connectivity index (χ0n) is 11.8. The van der Waals surface area contributed by atoms with Crippen LogP contribution in [0.1, 0.15) is 26.7 Å². The Morgan fingerprint density at radius 3 is 2.55 bits per heavy atom. The zero-order valence-corrected chi connectivity index (χ0v) is 11.8. The number of hydrogen-bond donors (Lipinski definition) is 2. The molecule has 2 N–H and O–H groups in total. The van der Waals surface area contributed by atoms with Gasteiger partial charge in [-0.25, -0.2) is 0 Å². The summed E-state index contributed by atoms with van der Waals surface area (Å²) in [5.41, 5.74) is 7.19. The van der Waals surface area contributed by atoms with E-state index in [1.807, 2.05) is 26.0 Å². The Hall–Kier alpha value is -1.96. The lowest BCUT2D eigenvalue weighted by atomic mass is 9.59. The van der Waals surface area contributed by atoms with E-state index < -0.39 is 0 Å². The van der Waals surface area contributed by atoms with E-state index in [4.69, 9.17) is 0 Å². The van der Waals surface area contributed by atoms with E-state index in [0.29, 0.717) is 23.4 Å². The monoisotopic (exact) mass is 266 g/mol. The summed E-state index contributed by atoms with van der Waals surface area (Å²) in [5, 5.41) is 20.2. The molecule has 4 rings (SSSR count). The molecule has 4 aliphatic carbocycles. The molecule has 0 aromatic rings. The number of aliphatic hydroxyl groups excluding tert-OH is 2. The van der Waals surface area contributed by atoms with Crippen molar-refractivity contribution >= 4 is 0 Å². The molecule has 1 saturated carbocycles. The maximum atomic E-state index is 10.1. The highest BCUT2D eigenvalue weighted by molar-refractivity contribution is 5.60. The van der Waals surface area contributed by atoms with E-state index in [9.17, 15) is 10.2 Å². The minimum Gasteiger partial charge on any atom is -0.508 e. The number of allylic oxidation sites excluding steroid dienone is 10. The normalized spacial score (nSPS) is 31.3. The van der Waals surface area contributed by atoms with E-state index in [2.05, 4.69) is 12.2 Å². The third-order valence-corrected chi connectivity index (χ3v) is 5.25. The average Bonchev–Trinajstić information content (AvgIpc) is 2.44. The highest BCUT2D eigenvalue weighted by atomic mass is 16.3. The second kappa shape index (κ2) is 3.78. The predicted molar refractivity (Wildman–Crippen MR) is 79.2 cm³/mol. The molecule has 2 heteroatoms. The van der Waals surface area contributed by atoms with Crippen molar-refractivity contribution in [2.24, 2.45) is 11.8 Å². The Labute approximate surface area is 118 Å². The number of rotatable bonds is 0. The van der Waals surface area contributed by atoms with Crippen molar-refractivity contribution in [2.45, 2.75) is 26.7 Å². The quantitative estimate of drug-likeness (QED) is 0.681. The largest absolute Gasteiger partial charge is 0.508 e. The van der Waals surface area contributed by atoms with Crippen molar-refractivity contribution in [1.82, 2.24) is 0 Å². The molecule has 0 radical (unpaired) electrons. The number of hydrogen-bond acceptors (Lipinski definition) is 2. The van der Waals surface area contributed by atoms with Crippen molar-refractivity contribution in [3.8, 4) is 0 Å². The summed E-state index contributed by atoms with van der Waals surface area (Å²) < 4.78 is 0. The summed E-state index contributed by atoms with van der Waals surface area (Å²) in [5.74, 6) is 1.54. The van der Waals surface area contributed by atoms with Gasteiger partial charge in [-0.1, -0.05) is 23.3 Å². The topological polar surface area (TPSA) is 40.5 Å². The molecule has 0 aromatic carbocycles. The molecule has 0 aliphatic heterocycles. The molecular weight excluding hydrogens is 248 g/mol. The van der Waals surface area contributed by atoms with Crippen LogP contribution in [0.4, 0.5) is 0 Å². The van der Waals surface area contributed by atoms with Crippen molar-refractivity contribution in [3.05, 3.63) is 69.3 Å². The van der Waals surface area contributed by atoms with Crippen molar-refractivity contribution in [2.75, 3.05) is 0 Å². The Kier molecular flexibility index (Phi) is 2.24.